The van der Waals surface area contributed by atoms with Crippen LogP contribution >= 0.6 is 0 Å². The van der Waals surface area contributed by atoms with Gasteiger partial charge in [-0.25, -0.2) is 0 Å². The van der Waals surface area contributed by atoms with E-state index < -0.39 is 37.2 Å². The van der Waals surface area contributed by atoms with E-state index in [1.54, 1.807) is 0 Å². The third-order valence-electron chi connectivity index (χ3n) is 0.500. The summed E-state index contributed by atoms with van der Waals surface area (Å²) >= 11 is 0. The van der Waals surface area contributed by atoms with Crippen molar-refractivity contribution in [1.29, 1.82) is 0 Å². The molecule has 0 aromatic carbocycles. The maximum Gasteiger partial charge on any atom is 0.678 e. The molecule has 0 rings (SSSR count). The average Bonchev–Trinajstić information content (AvgIpc) is 1.83. The van der Waals surface area contributed by atoms with Gasteiger partial charge in [-0.2, -0.15) is 0 Å². The van der Waals surface area contributed by atoms with Gasteiger partial charge in [0, 0.05) is 28.2 Å². The molecule has 0 saturated heterocycles. The van der Waals surface area contributed by atoms with Crippen LogP contribution in [-0.4, -0.2) is 37.2 Å². The molecule has 0 unspecified atom stereocenters. The molecular weight excluding hydrogens is 140 g/mol. The Morgan fingerprint density at radius 3 is 1.44 bits per heavy atom. The van der Waals surface area contributed by atoms with Gasteiger partial charge < -0.3 is 17.7 Å². The highest BCUT2D eigenvalue weighted by Gasteiger charge is 2.40. The molecule has 0 bridgehead atoms. The molecule has 0 atom stereocenters. The molecular formula is C4H12O4Si. The molecule has 0 amide bonds. The van der Waals surface area contributed by atoms with Gasteiger partial charge in [0.05, 0.1) is 16.4 Å². The molecule has 0 aliphatic heterocycles. The molecule has 0 heterocycles. The normalized spacial score (nSPS) is 37.3. The predicted octanol–water partition coefficient (Wildman–Crippen LogP) is 0.00760. The van der Waals surface area contributed by atoms with Crippen LogP contribution in [0.25, 0.3) is 0 Å². The van der Waals surface area contributed by atoms with E-state index in [4.69, 9.17) is 16.4 Å². The van der Waals surface area contributed by atoms with E-state index in [1.165, 1.54) is 0 Å². The molecule has 0 aliphatic carbocycles. The molecule has 0 saturated carbocycles. The highest BCUT2D eigenvalue weighted by molar-refractivity contribution is 6.53. The summed E-state index contributed by atoms with van der Waals surface area (Å²) in [6, 6.07) is 0. The van der Waals surface area contributed by atoms with Crippen molar-refractivity contribution in [2.45, 2.75) is 0 Å². The summed E-state index contributed by atoms with van der Waals surface area (Å²) in [5, 5.41) is 0. The lowest BCUT2D eigenvalue weighted by Gasteiger charge is -2.19. The van der Waals surface area contributed by atoms with Crippen LogP contribution in [0.1, 0.15) is 16.4 Å². The third kappa shape index (κ3) is 2.03. The van der Waals surface area contributed by atoms with Gasteiger partial charge >= 0.3 is 9.05 Å². The highest BCUT2D eigenvalue weighted by atomic mass is 28.4. The van der Waals surface area contributed by atoms with Gasteiger partial charge in [-0.1, -0.05) is 0 Å². The summed E-state index contributed by atoms with van der Waals surface area (Å²) in [7, 11) is -19.3. The molecule has 0 aromatic rings. The minimum atomic E-state index is -5.59. The third-order valence-corrected chi connectivity index (χ3v) is 1.50. The number of rotatable bonds is 4. The first-order valence-electron chi connectivity index (χ1n) is 7.63. The summed E-state index contributed by atoms with van der Waals surface area (Å²) in [6.45, 7) is 0. The molecule has 4 nitrogen and oxygen atoms in total. The maximum absolute atomic E-state index is 6.87. The van der Waals surface area contributed by atoms with Gasteiger partial charge in [0.1, 0.15) is 0 Å². The maximum atomic E-state index is 6.87. The van der Waals surface area contributed by atoms with Crippen LogP contribution in [0.5, 0.6) is 0 Å². The largest absolute Gasteiger partial charge is 0.678 e. The standard InChI is InChI=1S/C4H12O4Si/c1-5-9(6-2,7-3)8-4/h1-4H3/i1D3,2D3,3D3,4D3. The zero-order chi connectivity index (χ0) is 17.3. The zero-order valence-electron chi connectivity index (χ0n) is 16.1. The Kier molecular flexibility index (Phi) is 0.644. The molecule has 0 spiro atoms. The first-order valence-corrected chi connectivity index (χ1v) is 3.27. The Morgan fingerprint density at radius 1 is 0.889 bits per heavy atom. The number of hydrogen-bond acceptors (Lipinski definition) is 4. The van der Waals surface area contributed by atoms with Gasteiger partial charge in [-0.15, -0.1) is 0 Å². The lowest BCUT2D eigenvalue weighted by molar-refractivity contribution is 0.0226. The van der Waals surface area contributed by atoms with Crippen molar-refractivity contribution in [3.63, 3.8) is 0 Å². The summed E-state index contributed by atoms with van der Waals surface area (Å²) in [6.07, 6.45) is 0. The van der Waals surface area contributed by atoms with Crippen LogP contribution in [0, 0.1) is 0 Å². The number of hydrogen-bond donors (Lipinski definition) is 0. The molecule has 0 N–H and O–H groups in total. The van der Waals surface area contributed by atoms with E-state index in [9.17, 15) is 0 Å². The van der Waals surface area contributed by atoms with Crippen LogP contribution in [-0.2, 0) is 17.7 Å². The molecule has 5 heteroatoms. The first-order chi connectivity index (χ1) is 8.83. The van der Waals surface area contributed by atoms with E-state index >= 15 is 0 Å². The second kappa shape index (κ2) is 3.97. The molecule has 0 radical (unpaired) electrons. The predicted molar refractivity (Wildman–Crippen MR) is 33.8 cm³/mol. The fourth-order valence-electron chi connectivity index (χ4n) is 0.125. The zero-order valence-corrected chi connectivity index (χ0v) is 5.13. The minimum Gasteiger partial charge on any atom is -0.355 e. The monoisotopic (exact) mass is 164 g/mol. The molecule has 0 aromatic heterocycles. The minimum absolute atomic E-state index is 3.42. The van der Waals surface area contributed by atoms with Gasteiger partial charge in [-0.3, -0.25) is 0 Å². The quantitative estimate of drug-likeness (QED) is 0.548. The van der Waals surface area contributed by atoms with Crippen LogP contribution in [0.4, 0.5) is 0 Å². The van der Waals surface area contributed by atoms with E-state index in [1.807, 2.05) is 0 Å². The van der Waals surface area contributed by atoms with Crippen molar-refractivity contribution < 1.29 is 34.2 Å². The van der Waals surface area contributed by atoms with Crippen molar-refractivity contribution in [3.8, 4) is 0 Å². The fraction of sp³-hybridized carbons (Fsp3) is 1.00. The smallest absolute Gasteiger partial charge is 0.355 e. The summed E-state index contributed by atoms with van der Waals surface area (Å²) < 4.78 is 99.0. The second-order valence-electron chi connectivity index (χ2n) is 0.908. The van der Waals surface area contributed by atoms with E-state index in [0.29, 0.717) is 0 Å². The molecule has 9 heavy (non-hydrogen) atoms. The topological polar surface area (TPSA) is 36.9 Å². The average molecular weight is 164 g/mol. The second-order valence-corrected chi connectivity index (χ2v) is 2.72. The summed E-state index contributed by atoms with van der Waals surface area (Å²) in [5.74, 6) is 0. The fourth-order valence-corrected chi connectivity index (χ4v) is 0.375. The first kappa shape index (κ1) is 1.46. The van der Waals surface area contributed by atoms with Crippen LogP contribution < -0.4 is 0 Å². The van der Waals surface area contributed by atoms with Gasteiger partial charge in [0.15, 0.2) is 0 Å². The van der Waals surface area contributed by atoms with Crippen molar-refractivity contribution in [1.82, 2.24) is 0 Å². The van der Waals surface area contributed by atoms with E-state index in [0.717, 1.165) is 0 Å². The van der Waals surface area contributed by atoms with Gasteiger partial charge in [0.2, 0.25) is 0 Å². The van der Waals surface area contributed by atoms with Crippen molar-refractivity contribution in [2.24, 2.45) is 0 Å². The van der Waals surface area contributed by atoms with E-state index in [-0.39, 0.29) is 0 Å². The Hall–Kier alpha value is 0.0569. The highest BCUT2D eigenvalue weighted by Crippen LogP contribution is 2.04. The Labute approximate surface area is 73.0 Å². The van der Waals surface area contributed by atoms with Crippen LogP contribution in [0.3, 0.4) is 0 Å². The Bertz CT molecular complexity index is 270. The van der Waals surface area contributed by atoms with Crippen molar-refractivity contribution >= 4 is 9.05 Å². The molecule has 0 aliphatic rings. The van der Waals surface area contributed by atoms with Crippen molar-refractivity contribution in [3.05, 3.63) is 0 Å². The summed E-state index contributed by atoms with van der Waals surface area (Å²) in [4.78, 5) is 0. The Morgan fingerprint density at radius 2 is 1.22 bits per heavy atom. The molecule has 0 fully saturated rings. The van der Waals surface area contributed by atoms with Crippen molar-refractivity contribution in [2.75, 3.05) is 28.2 Å². The van der Waals surface area contributed by atoms with Gasteiger partial charge in [-0.05, 0) is 0 Å². The SMILES string of the molecule is [2H]C([2H])([2H])O[Si](OC([2H])([2H])[2H])(OC([2H])([2H])[2H])OC([2H])([2H])[2H]. The summed E-state index contributed by atoms with van der Waals surface area (Å²) in [5.41, 5.74) is 0. The lowest BCUT2D eigenvalue weighted by atomic mass is 11.8. The lowest BCUT2D eigenvalue weighted by Crippen LogP contribution is -2.45. The van der Waals surface area contributed by atoms with Gasteiger partial charge in [0.25, 0.3) is 0 Å². The Balaban J connectivity index is 5.70. The van der Waals surface area contributed by atoms with E-state index in [2.05, 4.69) is 17.7 Å². The molecule has 56 valence electrons. The van der Waals surface area contributed by atoms with Crippen LogP contribution in [0.15, 0.2) is 0 Å². The van der Waals surface area contributed by atoms with Crippen LogP contribution in [0.2, 0.25) is 0 Å².